The van der Waals surface area contributed by atoms with Gasteiger partial charge in [0.25, 0.3) is 0 Å². The molecule has 6 aromatic carbocycles. The molecule has 2 aromatic heterocycles. The zero-order valence-corrected chi connectivity index (χ0v) is 23.8. The van der Waals surface area contributed by atoms with E-state index >= 15 is 0 Å². The van der Waals surface area contributed by atoms with Crippen LogP contribution in [0.5, 0.6) is 0 Å². The van der Waals surface area contributed by atoms with Crippen LogP contribution in [-0.2, 0) is 0 Å². The van der Waals surface area contributed by atoms with Crippen LogP contribution in [0.4, 0.5) is 0 Å². The number of aromatic nitrogens is 4. The molecule has 8 aromatic rings. The van der Waals surface area contributed by atoms with Gasteiger partial charge in [-0.3, -0.25) is 0 Å². The maximum atomic E-state index is 5.15. The van der Waals surface area contributed by atoms with Crippen LogP contribution in [0.15, 0.2) is 158 Å². The first kappa shape index (κ1) is 25.7. The molecule has 44 heavy (non-hydrogen) atoms. The topological polar surface area (TPSA) is 51.6 Å². The fourth-order valence-corrected chi connectivity index (χ4v) is 5.82. The summed E-state index contributed by atoms with van der Waals surface area (Å²) in [7, 11) is 0. The largest absolute Gasteiger partial charge is 0.248 e. The second-order valence-corrected chi connectivity index (χ2v) is 10.7. The average Bonchev–Trinajstić information content (AvgIpc) is 3.12. The summed E-state index contributed by atoms with van der Waals surface area (Å²) in [6.07, 6.45) is 0. The lowest BCUT2D eigenvalue weighted by atomic mass is 9.93. The van der Waals surface area contributed by atoms with E-state index in [1.165, 1.54) is 0 Å². The number of hydrogen-bond acceptors (Lipinski definition) is 4. The molecule has 0 saturated carbocycles. The number of hydrogen-bond donors (Lipinski definition) is 0. The van der Waals surface area contributed by atoms with Crippen molar-refractivity contribution in [2.45, 2.75) is 0 Å². The van der Waals surface area contributed by atoms with Crippen molar-refractivity contribution in [1.29, 1.82) is 0 Å². The van der Waals surface area contributed by atoms with Crippen LogP contribution >= 0.6 is 0 Å². The summed E-state index contributed by atoms with van der Waals surface area (Å²) in [6.45, 7) is 0. The first-order valence-electron chi connectivity index (χ1n) is 14.7. The first-order chi connectivity index (χ1) is 21.8. The van der Waals surface area contributed by atoms with Gasteiger partial charge < -0.3 is 0 Å². The molecule has 0 bridgehead atoms. The highest BCUT2D eigenvalue weighted by Gasteiger charge is 2.17. The summed E-state index contributed by atoms with van der Waals surface area (Å²) in [6, 6.07) is 53.9. The quantitative estimate of drug-likeness (QED) is 0.196. The molecule has 0 N–H and O–H groups in total. The van der Waals surface area contributed by atoms with E-state index in [0.717, 1.165) is 60.8 Å². The van der Waals surface area contributed by atoms with Crippen molar-refractivity contribution in [3.8, 4) is 56.5 Å². The SMILES string of the molecule is c1ccc(-c2cc(-c3ccccc3)c3c(ccc4c(-c5nc(-c6ccccc6)nc(-c6ccccc6)n5)cccc43)n2)cc1. The van der Waals surface area contributed by atoms with Crippen LogP contribution < -0.4 is 0 Å². The van der Waals surface area contributed by atoms with Crippen molar-refractivity contribution in [3.05, 3.63) is 158 Å². The van der Waals surface area contributed by atoms with Gasteiger partial charge in [-0.1, -0.05) is 146 Å². The third kappa shape index (κ3) is 4.69. The van der Waals surface area contributed by atoms with Crippen molar-refractivity contribution in [2.24, 2.45) is 0 Å². The summed E-state index contributed by atoms with van der Waals surface area (Å²) in [5.41, 5.74) is 8.12. The lowest BCUT2D eigenvalue weighted by Crippen LogP contribution is -2.00. The Morgan fingerprint density at radius 1 is 0.318 bits per heavy atom. The van der Waals surface area contributed by atoms with Crippen LogP contribution in [0.2, 0.25) is 0 Å². The summed E-state index contributed by atoms with van der Waals surface area (Å²) in [5, 5.41) is 3.28. The predicted octanol–water partition coefficient (Wildman–Crippen LogP) is 9.91. The summed E-state index contributed by atoms with van der Waals surface area (Å²) < 4.78 is 0. The van der Waals surface area contributed by atoms with E-state index in [9.17, 15) is 0 Å². The van der Waals surface area contributed by atoms with Crippen molar-refractivity contribution < 1.29 is 0 Å². The van der Waals surface area contributed by atoms with Gasteiger partial charge in [-0.05, 0) is 34.0 Å². The second-order valence-electron chi connectivity index (χ2n) is 10.7. The minimum atomic E-state index is 0.637. The Balaban J connectivity index is 1.40. The highest BCUT2D eigenvalue weighted by molar-refractivity contribution is 6.16. The monoisotopic (exact) mass is 562 g/mol. The van der Waals surface area contributed by atoms with Gasteiger partial charge in [-0.15, -0.1) is 0 Å². The number of nitrogens with zero attached hydrogens (tertiary/aromatic N) is 4. The van der Waals surface area contributed by atoms with Gasteiger partial charge in [0, 0.05) is 27.6 Å². The molecule has 0 saturated heterocycles. The van der Waals surface area contributed by atoms with Crippen molar-refractivity contribution in [3.63, 3.8) is 0 Å². The zero-order valence-electron chi connectivity index (χ0n) is 23.8. The van der Waals surface area contributed by atoms with Crippen LogP contribution in [0, 0.1) is 0 Å². The van der Waals surface area contributed by atoms with E-state index in [0.29, 0.717) is 17.5 Å². The normalized spacial score (nSPS) is 11.2. The fourth-order valence-electron chi connectivity index (χ4n) is 5.82. The third-order valence-corrected chi connectivity index (χ3v) is 7.93. The molecule has 2 heterocycles. The molecule has 8 rings (SSSR count). The standard InChI is InChI=1S/C40H26N4/c1-5-14-27(15-6-1)34-26-36(28-16-7-2-8-17-28)41-35-25-24-31-32(37(34)35)22-13-23-33(31)40-43-38(29-18-9-3-10-19-29)42-39(44-40)30-20-11-4-12-21-30/h1-26H. The number of fused-ring (bicyclic) bond motifs is 3. The van der Waals surface area contributed by atoms with Crippen molar-refractivity contribution in [1.82, 2.24) is 19.9 Å². The summed E-state index contributed by atoms with van der Waals surface area (Å²) >= 11 is 0. The molecule has 0 aliphatic rings. The second kappa shape index (κ2) is 11.0. The Morgan fingerprint density at radius 2 is 0.841 bits per heavy atom. The van der Waals surface area contributed by atoms with Crippen LogP contribution in [0.1, 0.15) is 0 Å². The lowest BCUT2D eigenvalue weighted by Gasteiger charge is -2.15. The lowest BCUT2D eigenvalue weighted by molar-refractivity contribution is 1.08. The Hall–Kier alpha value is -6.00. The molecular formula is C40H26N4. The highest BCUT2D eigenvalue weighted by atomic mass is 15.0. The van der Waals surface area contributed by atoms with E-state index in [1.54, 1.807) is 0 Å². The van der Waals surface area contributed by atoms with Gasteiger partial charge in [-0.25, -0.2) is 19.9 Å². The molecule has 0 atom stereocenters. The molecule has 4 nitrogen and oxygen atoms in total. The Kier molecular flexibility index (Phi) is 6.43. The Morgan fingerprint density at radius 3 is 1.43 bits per heavy atom. The summed E-state index contributed by atoms with van der Waals surface area (Å²) in [5.74, 6) is 1.93. The van der Waals surface area contributed by atoms with E-state index in [-0.39, 0.29) is 0 Å². The van der Waals surface area contributed by atoms with E-state index < -0.39 is 0 Å². The molecule has 0 unspecified atom stereocenters. The Labute approximate surface area is 255 Å². The smallest absolute Gasteiger partial charge is 0.164 e. The average molecular weight is 563 g/mol. The molecule has 0 fully saturated rings. The molecule has 0 aliphatic carbocycles. The van der Waals surface area contributed by atoms with Gasteiger partial charge in [0.1, 0.15) is 0 Å². The summed E-state index contributed by atoms with van der Waals surface area (Å²) in [4.78, 5) is 20.1. The van der Waals surface area contributed by atoms with Gasteiger partial charge >= 0.3 is 0 Å². The fraction of sp³-hybridized carbons (Fsp3) is 0. The molecule has 206 valence electrons. The van der Waals surface area contributed by atoms with Gasteiger partial charge in [-0.2, -0.15) is 0 Å². The van der Waals surface area contributed by atoms with Gasteiger partial charge in [0.15, 0.2) is 17.5 Å². The predicted molar refractivity (Wildman–Crippen MR) is 180 cm³/mol. The van der Waals surface area contributed by atoms with E-state index in [1.807, 2.05) is 66.7 Å². The minimum Gasteiger partial charge on any atom is -0.248 e. The van der Waals surface area contributed by atoms with Crippen LogP contribution in [-0.4, -0.2) is 19.9 Å². The Bertz CT molecular complexity index is 2190. The molecule has 0 amide bonds. The van der Waals surface area contributed by atoms with Crippen LogP contribution in [0.25, 0.3) is 78.2 Å². The molecule has 0 radical (unpaired) electrons. The van der Waals surface area contributed by atoms with Crippen molar-refractivity contribution >= 4 is 21.7 Å². The van der Waals surface area contributed by atoms with Gasteiger partial charge in [0.2, 0.25) is 0 Å². The number of pyridine rings is 1. The minimum absolute atomic E-state index is 0.637. The van der Waals surface area contributed by atoms with E-state index in [4.69, 9.17) is 19.9 Å². The zero-order chi connectivity index (χ0) is 29.3. The number of rotatable bonds is 5. The van der Waals surface area contributed by atoms with Crippen molar-refractivity contribution in [2.75, 3.05) is 0 Å². The first-order valence-corrected chi connectivity index (χ1v) is 14.7. The molecule has 4 heteroatoms. The molecular weight excluding hydrogens is 536 g/mol. The third-order valence-electron chi connectivity index (χ3n) is 7.93. The van der Waals surface area contributed by atoms with Crippen LogP contribution in [0.3, 0.4) is 0 Å². The highest BCUT2D eigenvalue weighted by Crippen LogP contribution is 2.39. The van der Waals surface area contributed by atoms with E-state index in [2.05, 4.69) is 91.0 Å². The molecule has 0 aliphatic heterocycles. The molecule has 0 spiro atoms. The maximum Gasteiger partial charge on any atom is 0.164 e. The van der Waals surface area contributed by atoms with Gasteiger partial charge in [0.05, 0.1) is 11.2 Å². The maximum absolute atomic E-state index is 5.15. The number of benzene rings is 6.